The average Bonchev–Trinajstić information content (AvgIpc) is 2.77. The molecule has 0 aliphatic carbocycles. The predicted octanol–water partition coefficient (Wildman–Crippen LogP) is 3.97. The Balaban J connectivity index is 0.00000341. The molecule has 0 bridgehead atoms. The lowest BCUT2D eigenvalue weighted by Crippen LogP contribution is -2.42. The molecule has 3 rings (SSSR count). The van der Waals surface area contributed by atoms with Crippen LogP contribution in [0.5, 0.6) is 11.5 Å². The lowest BCUT2D eigenvalue weighted by Gasteiger charge is -2.30. The predicted molar refractivity (Wildman–Crippen MR) is 118 cm³/mol. The summed E-state index contributed by atoms with van der Waals surface area (Å²) < 4.78 is 37.3. The SMILES string of the molecule is Cl.NCC(Cc1ccc(OCCOc2ccc(F)cc2F)cc1)C(=O)N1CCCCC1. The van der Waals surface area contributed by atoms with Gasteiger partial charge in [0.05, 0.1) is 5.92 Å². The smallest absolute Gasteiger partial charge is 0.227 e. The van der Waals surface area contributed by atoms with E-state index in [1.807, 2.05) is 29.2 Å². The first kappa shape index (κ1) is 24.9. The molecule has 0 radical (unpaired) electrons. The van der Waals surface area contributed by atoms with Gasteiger partial charge in [0.15, 0.2) is 11.6 Å². The Morgan fingerprint density at radius 1 is 1.00 bits per heavy atom. The first-order valence-electron chi connectivity index (χ1n) is 10.4. The summed E-state index contributed by atoms with van der Waals surface area (Å²) in [5, 5.41) is 0. The van der Waals surface area contributed by atoms with Crippen LogP contribution in [0.2, 0.25) is 0 Å². The molecular formula is C23H29ClF2N2O3. The molecule has 1 atom stereocenters. The van der Waals surface area contributed by atoms with Crippen molar-refractivity contribution in [2.45, 2.75) is 25.7 Å². The molecule has 8 heteroatoms. The van der Waals surface area contributed by atoms with Gasteiger partial charge in [-0.1, -0.05) is 12.1 Å². The first-order valence-corrected chi connectivity index (χ1v) is 10.4. The zero-order valence-electron chi connectivity index (χ0n) is 17.4. The van der Waals surface area contributed by atoms with Gasteiger partial charge in [0, 0.05) is 25.7 Å². The zero-order chi connectivity index (χ0) is 21.3. The van der Waals surface area contributed by atoms with Crippen molar-refractivity contribution in [2.75, 3.05) is 32.8 Å². The van der Waals surface area contributed by atoms with Gasteiger partial charge in [0.2, 0.25) is 5.91 Å². The summed E-state index contributed by atoms with van der Waals surface area (Å²) in [7, 11) is 0. The molecule has 1 amide bonds. The molecule has 1 unspecified atom stereocenters. The number of ether oxygens (including phenoxy) is 2. The van der Waals surface area contributed by atoms with E-state index in [-0.39, 0.29) is 43.2 Å². The van der Waals surface area contributed by atoms with E-state index >= 15 is 0 Å². The molecule has 0 saturated carbocycles. The molecule has 5 nitrogen and oxygen atoms in total. The van der Waals surface area contributed by atoms with Crippen LogP contribution >= 0.6 is 12.4 Å². The largest absolute Gasteiger partial charge is 0.490 e. The van der Waals surface area contributed by atoms with E-state index in [2.05, 4.69) is 0 Å². The number of rotatable bonds is 9. The van der Waals surface area contributed by atoms with Crippen LogP contribution in [0.15, 0.2) is 42.5 Å². The molecule has 1 fully saturated rings. The fourth-order valence-electron chi connectivity index (χ4n) is 3.55. The Morgan fingerprint density at radius 2 is 1.68 bits per heavy atom. The van der Waals surface area contributed by atoms with Gasteiger partial charge in [-0.05, 0) is 55.5 Å². The summed E-state index contributed by atoms with van der Waals surface area (Å²) in [5.74, 6) is -0.828. The van der Waals surface area contributed by atoms with Crippen LogP contribution in [0.4, 0.5) is 8.78 Å². The second-order valence-electron chi connectivity index (χ2n) is 7.44. The summed E-state index contributed by atoms with van der Waals surface area (Å²) >= 11 is 0. The van der Waals surface area contributed by atoms with Gasteiger partial charge < -0.3 is 20.1 Å². The van der Waals surface area contributed by atoms with E-state index in [1.165, 1.54) is 12.5 Å². The van der Waals surface area contributed by atoms with Gasteiger partial charge >= 0.3 is 0 Å². The summed E-state index contributed by atoms with van der Waals surface area (Å²) in [6.45, 7) is 2.32. The number of piperidine rings is 1. The summed E-state index contributed by atoms with van der Waals surface area (Å²) in [4.78, 5) is 14.6. The maximum absolute atomic E-state index is 13.5. The number of carbonyl (C=O) groups excluding carboxylic acids is 1. The molecule has 2 N–H and O–H groups in total. The van der Waals surface area contributed by atoms with Crippen LogP contribution in [-0.2, 0) is 11.2 Å². The Morgan fingerprint density at radius 3 is 2.32 bits per heavy atom. The van der Waals surface area contributed by atoms with Crippen molar-refractivity contribution >= 4 is 18.3 Å². The second-order valence-corrected chi connectivity index (χ2v) is 7.44. The number of nitrogens with two attached hydrogens (primary N) is 1. The standard InChI is InChI=1S/C23H28F2N2O3.ClH/c24-19-6-9-22(21(25)15-19)30-13-12-29-20-7-4-17(5-8-20)14-18(16-26)23(28)27-10-2-1-3-11-27;/h4-9,15,18H,1-3,10-14,16,26H2;1H. The van der Waals surface area contributed by atoms with Gasteiger partial charge in [0.25, 0.3) is 0 Å². The molecule has 31 heavy (non-hydrogen) atoms. The van der Waals surface area contributed by atoms with E-state index in [1.54, 1.807) is 0 Å². The van der Waals surface area contributed by atoms with Crippen molar-refractivity contribution in [1.82, 2.24) is 4.90 Å². The van der Waals surface area contributed by atoms with Crippen molar-refractivity contribution in [3.63, 3.8) is 0 Å². The highest BCUT2D eigenvalue weighted by Crippen LogP contribution is 2.19. The number of carbonyl (C=O) groups is 1. The third kappa shape index (κ3) is 7.36. The fourth-order valence-corrected chi connectivity index (χ4v) is 3.55. The van der Waals surface area contributed by atoms with E-state index in [4.69, 9.17) is 15.2 Å². The molecular weight excluding hydrogens is 426 g/mol. The van der Waals surface area contributed by atoms with Crippen molar-refractivity contribution < 1.29 is 23.0 Å². The van der Waals surface area contributed by atoms with Crippen LogP contribution in [0.1, 0.15) is 24.8 Å². The highest BCUT2D eigenvalue weighted by Gasteiger charge is 2.24. The van der Waals surface area contributed by atoms with Gasteiger partial charge in [-0.25, -0.2) is 8.78 Å². The molecule has 2 aromatic rings. The maximum atomic E-state index is 13.5. The number of likely N-dealkylation sites (tertiary alicyclic amines) is 1. The first-order chi connectivity index (χ1) is 14.6. The highest BCUT2D eigenvalue weighted by atomic mass is 35.5. The number of hydrogen-bond donors (Lipinski definition) is 1. The van der Waals surface area contributed by atoms with Gasteiger partial charge in [-0.2, -0.15) is 0 Å². The van der Waals surface area contributed by atoms with Gasteiger partial charge in [0.1, 0.15) is 24.8 Å². The Kier molecular flexibility index (Phi) is 10.0. The van der Waals surface area contributed by atoms with Gasteiger partial charge in [-0.15, -0.1) is 12.4 Å². The molecule has 170 valence electrons. The van der Waals surface area contributed by atoms with Crippen LogP contribution in [-0.4, -0.2) is 43.7 Å². The summed E-state index contributed by atoms with van der Waals surface area (Å²) in [5.41, 5.74) is 6.89. The van der Waals surface area contributed by atoms with E-state index in [0.717, 1.165) is 43.6 Å². The Hall–Kier alpha value is -2.38. The molecule has 1 aliphatic heterocycles. The third-order valence-electron chi connectivity index (χ3n) is 5.21. The third-order valence-corrected chi connectivity index (χ3v) is 5.21. The fraction of sp³-hybridized carbons (Fsp3) is 0.435. The number of benzene rings is 2. The highest BCUT2D eigenvalue weighted by molar-refractivity contribution is 5.85. The molecule has 1 heterocycles. The zero-order valence-corrected chi connectivity index (χ0v) is 18.2. The average molecular weight is 455 g/mol. The van der Waals surface area contributed by atoms with Crippen LogP contribution < -0.4 is 15.2 Å². The Labute approximate surface area is 187 Å². The van der Waals surface area contributed by atoms with Crippen LogP contribution in [0.25, 0.3) is 0 Å². The molecule has 2 aromatic carbocycles. The second kappa shape index (κ2) is 12.5. The minimum Gasteiger partial charge on any atom is -0.490 e. The van der Waals surface area contributed by atoms with Crippen molar-refractivity contribution in [2.24, 2.45) is 11.7 Å². The van der Waals surface area contributed by atoms with Crippen molar-refractivity contribution in [3.8, 4) is 11.5 Å². The normalized spacial score (nSPS) is 14.5. The van der Waals surface area contributed by atoms with E-state index < -0.39 is 11.6 Å². The monoisotopic (exact) mass is 454 g/mol. The van der Waals surface area contributed by atoms with Crippen molar-refractivity contribution in [3.05, 3.63) is 59.7 Å². The maximum Gasteiger partial charge on any atom is 0.227 e. The Bertz CT molecular complexity index is 830. The molecule has 1 aliphatic rings. The van der Waals surface area contributed by atoms with Crippen LogP contribution in [0, 0.1) is 17.6 Å². The van der Waals surface area contributed by atoms with Gasteiger partial charge in [-0.3, -0.25) is 4.79 Å². The van der Waals surface area contributed by atoms with E-state index in [0.29, 0.717) is 18.7 Å². The summed E-state index contributed by atoms with van der Waals surface area (Å²) in [6.07, 6.45) is 3.90. The van der Waals surface area contributed by atoms with Crippen LogP contribution in [0.3, 0.4) is 0 Å². The molecule has 0 aromatic heterocycles. The minimum atomic E-state index is -0.743. The lowest BCUT2D eigenvalue weighted by molar-refractivity contribution is -0.136. The van der Waals surface area contributed by atoms with E-state index in [9.17, 15) is 13.6 Å². The quantitative estimate of drug-likeness (QED) is 0.582. The number of nitrogens with zero attached hydrogens (tertiary/aromatic N) is 1. The number of hydrogen-bond acceptors (Lipinski definition) is 4. The minimum absolute atomic E-state index is 0. The number of halogens is 3. The number of amides is 1. The molecule has 1 saturated heterocycles. The lowest BCUT2D eigenvalue weighted by atomic mass is 9.97. The molecule has 0 spiro atoms. The summed E-state index contributed by atoms with van der Waals surface area (Å²) in [6, 6.07) is 10.7. The van der Waals surface area contributed by atoms with Crippen molar-refractivity contribution in [1.29, 1.82) is 0 Å². The topological polar surface area (TPSA) is 64.8 Å².